The fourth-order valence-electron chi connectivity index (χ4n) is 2.88. The Morgan fingerprint density at radius 2 is 1.96 bits per heavy atom. The quantitative estimate of drug-likeness (QED) is 0.571. The molecule has 7 nitrogen and oxygen atoms in total. The summed E-state index contributed by atoms with van der Waals surface area (Å²) in [6.45, 7) is 13.8. The number of hydrogen-bond acceptors (Lipinski definition) is 5. The second-order valence-corrected chi connectivity index (χ2v) is 7.39. The van der Waals surface area contributed by atoms with Gasteiger partial charge in [0, 0.05) is 52.4 Å². The molecule has 0 saturated carbocycles. The predicted molar refractivity (Wildman–Crippen MR) is 102 cm³/mol. The van der Waals surface area contributed by atoms with Crippen LogP contribution < -0.4 is 10.6 Å². The second kappa shape index (κ2) is 9.77. The van der Waals surface area contributed by atoms with Crippen LogP contribution in [0.25, 0.3) is 0 Å². The Balaban J connectivity index is 1.68. The summed E-state index contributed by atoms with van der Waals surface area (Å²) in [6.07, 6.45) is 0. The summed E-state index contributed by atoms with van der Waals surface area (Å²) in [5.41, 5.74) is 0.987. The van der Waals surface area contributed by atoms with E-state index in [0.29, 0.717) is 18.4 Å². The monoisotopic (exact) mass is 350 g/mol. The summed E-state index contributed by atoms with van der Waals surface area (Å²) in [7, 11) is 3.98. The van der Waals surface area contributed by atoms with E-state index in [2.05, 4.69) is 58.4 Å². The van der Waals surface area contributed by atoms with Gasteiger partial charge in [-0.2, -0.15) is 0 Å². The number of piperazine rings is 1. The van der Waals surface area contributed by atoms with Crippen molar-refractivity contribution in [1.29, 1.82) is 0 Å². The van der Waals surface area contributed by atoms with Crippen LogP contribution in [0.5, 0.6) is 0 Å². The van der Waals surface area contributed by atoms with Crippen LogP contribution in [0.2, 0.25) is 0 Å². The van der Waals surface area contributed by atoms with Crippen LogP contribution in [-0.4, -0.2) is 74.3 Å². The van der Waals surface area contributed by atoms with Crippen LogP contribution in [0.4, 0.5) is 0 Å². The number of guanidine groups is 1. The SMILES string of the molecule is CN=C(NCc1cc(C(C)C)no1)NCC(C)CN1CCN(C)CC1. The standard InChI is InChI=1S/C18H34N6O/c1-14(2)17-10-16(25-22-17)12-21-18(19-4)20-11-15(3)13-24-8-6-23(5)7-9-24/h10,14-15H,6-9,11-13H2,1-5H3,(H2,19,20,21). The number of hydrogen-bond donors (Lipinski definition) is 2. The highest BCUT2D eigenvalue weighted by Crippen LogP contribution is 2.13. The third kappa shape index (κ3) is 6.66. The minimum absolute atomic E-state index is 0.380. The summed E-state index contributed by atoms with van der Waals surface area (Å²) in [6, 6.07) is 2.00. The van der Waals surface area contributed by atoms with E-state index in [1.807, 2.05) is 6.07 Å². The van der Waals surface area contributed by atoms with E-state index >= 15 is 0 Å². The van der Waals surface area contributed by atoms with Gasteiger partial charge in [-0.05, 0) is 18.9 Å². The van der Waals surface area contributed by atoms with Gasteiger partial charge in [0.1, 0.15) is 0 Å². The Kier molecular flexibility index (Phi) is 7.71. The Morgan fingerprint density at radius 1 is 1.24 bits per heavy atom. The molecule has 7 heteroatoms. The third-order valence-electron chi connectivity index (χ3n) is 4.61. The van der Waals surface area contributed by atoms with Gasteiger partial charge in [0.15, 0.2) is 11.7 Å². The fourth-order valence-corrected chi connectivity index (χ4v) is 2.88. The molecule has 1 aromatic rings. The smallest absolute Gasteiger partial charge is 0.191 e. The topological polar surface area (TPSA) is 68.9 Å². The first-order valence-electron chi connectivity index (χ1n) is 9.28. The Morgan fingerprint density at radius 3 is 2.56 bits per heavy atom. The van der Waals surface area contributed by atoms with Crippen LogP contribution >= 0.6 is 0 Å². The first-order valence-corrected chi connectivity index (χ1v) is 9.28. The molecule has 1 saturated heterocycles. The van der Waals surface area contributed by atoms with Gasteiger partial charge < -0.3 is 25.0 Å². The van der Waals surface area contributed by atoms with Gasteiger partial charge in [0.05, 0.1) is 12.2 Å². The number of likely N-dealkylation sites (N-methyl/N-ethyl adjacent to an activating group) is 1. The first-order chi connectivity index (χ1) is 12.0. The summed E-state index contributed by atoms with van der Waals surface area (Å²) in [5, 5.41) is 10.8. The van der Waals surface area contributed by atoms with Gasteiger partial charge in [0.25, 0.3) is 0 Å². The van der Waals surface area contributed by atoms with E-state index < -0.39 is 0 Å². The lowest BCUT2D eigenvalue weighted by atomic mass is 10.1. The van der Waals surface area contributed by atoms with Gasteiger partial charge in [0.2, 0.25) is 0 Å². The highest BCUT2D eigenvalue weighted by Gasteiger charge is 2.16. The van der Waals surface area contributed by atoms with E-state index in [4.69, 9.17) is 4.52 Å². The normalized spacial score (nSPS) is 18.6. The number of aliphatic imine (C=N–C) groups is 1. The average molecular weight is 351 g/mol. The van der Waals surface area contributed by atoms with Crippen molar-refractivity contribution in [3.8, 4) is 0 Å². The van der Waals surface area contributed by atoms with Gasteiger partial charge in [-0.3, -0.25) is 4.99 Å². The van der Waals surface area contributed by atoms with Crippen molar-refractivity contribution < 1.29 is 4.52 Å². The summed E-state index contributed by atoms with van der Waals surface area (Å²) >= 11 is 0. The Hall–Kier alpha value is -1.60. The average Bonchev–Trinajstić information content (AvgIpc) is 3.06. The third-order valence-corrected chi connectivity index (χ3v) is 4.61. The number of nitrogens with one attached hydrogen (secondary N) is 2. The molecule has 2 N–H and O–H groups in total. The van der Waals surface area contributed by atoms with Crippen LogP contribution in [0.1, 0.15) is 38.1 Å². The molecule has 0 aliphatic carbocycles. The van der Waals surface area contributed by atoms with Crippen molar-refractivity contribution in [1.82, 2.24) is 25.6 Å². The molecule has 1 aliphatic rings. The fraction of sp³-hybridized carbons (Fsp3) is 0.778. The molecular formula is C18H34N6O. The highest BCUT2D eigenvalue weighted by molar-refractivity contribution is 5.79. The molecule has 2 rings (SSSR count). The zero-order valence-electron chi connectivity index (χ0n) is 16.4. The van der Waals surface area contributed by atoms with E-state index in [0.717, 1.165) is 43.6 Å². The minimum atomic E-state index is 0.380. The molecule has 0 aromatic carbocycles. The van der Waals surface area contributed by atoms with Crippen LogP contribution in [0.3, 0.4) is 0 Å². The van der Waals surface area contributed by atoms with Crippen molar-refractivity contribution >= 4 is 5.96 Å². The van der Waals surface area contributed by atoms with Gasteiger partial charge in [-0.15, -0.1) is 0 Å². The molecule has 1 unspecified atom stereocenters. The molecule has 0 radical (unpaired) electrons. The van der Waals surface area contributed by atoms with Gasteiger partial charge in [-0.1, -0.05) is 25.9 Å². The maximum Gasteiger partial charge on any atom is 0.191 e. The molecule has 0 spiro atoms. The maximum absolute atomic E-state index is 5.35. The van der Waals surface area contributed by atoms with Crippen LogP contribution in [0.15, 0.2) is 15.6 Å². The summed E-state index contributed by atoms with van der Waals surface area (Å²) in [4.78, 5) is 9.22. The molecule has 1 atom stereocenters. The largest absolute Gasteiger partial charge is 0.359 e. The maximum atomic E-state index is 5.35. The lowest BCUT2D eigenvalue weighted by molar-refractivity contribution is 0.139. The zero-order chi connectivity index (χ0) is 18.2. The van der Waals surface area contributed by atoms with Crippen molar-refractivity contribution in [2.75, 3.05) is 53.4 Å². The summed E-state index contributed by atoms with van der Waals surface area (Å²) < 4.78 is 5.35. The molecule has 0 bridgehead atoms. The van der Waals surface area contributed by atoms with Crippen molar-refractivity contribution in [3.63, 3.8) is 0 Å². The number of rotatable bonds is 7. The lowest BCUT2D eigenvalue weighted by Crippen LogP contribution is -2.47. The van der Waals surface area contributed by atoms with Gasteiger partial charge in [-0.25, -0.2) is 0 Å². The first kappa shape index (κ1) is 19.7. The van der Waals surface area contributed by atoms with Crippen LogP contribution in [0, 0.1) is 5.92 Å². The van der Waals surface area contributed by atoms with Crippen LogP contribution in [-0.2, 0) is 6.54 Å². The van der Waals surface area contributed by atoms with E-state index in [1.54, 1.807) is 7.05 Å². The molecule has 1 aromatic heterocycles. The second-order valence-electron chi connectivity index (χ2n) is 7.39. The van der Waals surface area contributed by atoms with E-state index in [9.17, 15) is 0 Å². The molecule has 142 valence electrons. The molecule has 1 fully saturated rings. The Labute approximate surface area is 151 Å². The molecule has 1 aliphatic heterocycles. The van der Waals surface area contributed by atoms with Crippen molar-refractivity contribution in [3.05, 3.63) is 17.5 Å². The molecule has 0 amide bonds. The van der Waals surface area contributed by atoms with E-state index in [1.165, 1.54) is 13.1 Å². The summed E-state index contributed by atoms with van der Waals surface area (Å²) in [5.74, 6) is 2.58. The zero-order valence-corrected chi connectivity index (χ0v) is 16.4. The lowest BCUT2D eigenvalue weighted by Gasteiger charge is -2.34. The van der Waals surface area contributed by atoms with E-state index in [-0.39, 0.29) is 0 Å². The molecular weight excluding hydrogens is 316 g/mol. The highest BCUT2D eigenvalue weighted by atomic mass is 16.5. The molecule has 2 heterocycles. The minimum Gasteiger partial charge on any atom is -0.359 e. The number of aromatic nitrogens is 1. The number of nitrogens with zero attached hydrogens (tertiary/aromatic N) is 4. The van der Waals surface area contributed by atoms with Gasteiger partial charge >= 0.3 is 0 Å². The van der Waals surface area contributed by atoms with Crippen molar-refractivity contribution in [2.24, 2.45) is 10.9 Å². The van der Waals surface area contributed by atoms with Crippen molar-refractivity contribution in [2.45, 2.75) is 33.2 Å². The predicted octanol–water partition coefficient (Wildman–Crippen LogP) is 1.35. The Bertz CT molecular complexity index is 533. The molecule has 25 heavy (non-hydrogen) atoms.